The highest BCUT2D eigenvalue weighted by molar-refractivity contribution is 6.02. The molecule has 0 spiro atoms. The van der Waals surface area contributed by atoms with E-state index in [2.05, 4.69) is 5.32 Å². The lowest BCUT2D eigenvalue weighted by Crippen LogP contribution is -2.29. The van der Waals surface area contributed by atoms with Gasteiger partial charge in [0, 0.05) is 17.7 Å². The summed E-state index contributed by atoms with van der Waals surface area (Å²) < 4.78 is 0. The smallest absolute Gasteiger partial charge is 0.253 e. The van der Waals surface area contributed by atoms with Crippen molar-refractivity contribution in [2.75, 3.05) is 5.32 Å². The third-order valence-electron chi connectivity index (χ3n) is 3.10. The number of ketones is 1. The Hall–Kier alpha value is -2.46. The lowest BCUT2D eigenvalue weighted by Gasteiger charge is -2.11. The Morgan fingerprint density at radius 2 is 1.67 bits per heavy atom. The van der Waals surface area contributed by atoms with E-state index in [9.17, 15) is 14.7 Å². The molecule has 0 radical (unpaired) electrons. The van der Waals surface area contributed by atoms with Crippen LogP contribution in [0, 0.1) is 6.92 Å². The number of anilines is 1. The van der Waals surface area contributed by atoms with E-state index < -0.39 is 12.0 Å². The Morgan fingerprint density at radius 3 is 2.29 bits per heavy atom. The first-order valence-electron chi connectivity index (χ1n) is 6.70. The third kappa shape index (κ3) is 4.26. The van der Waals surface area contributed by atoms with E-state index in [1.54, 1.807) is 42.5 Å². The van der Waals surface area contributed by atoms with Crippen molar-refractivity contribution in [2.45, 2.75) is 19.4 Å². The molecule has 2 aromatic rings. The van der Waals surface area contributed by atoms with Gasteiger partial charge in [0.1, 0.15) is 6.10 Å². The second-order valence-corrected chi connectivity index (χ2v) is 4.86. The molecule has 0 aliphatic carbocycles. The molecule has 1 atom stereocenters. The number of rotatable bonds is 5. The summed E-state index contributed by atoms with van der Waals surface area (Å²) >= 11 is 0. The van der Waals surface area contributed by atoms with E-state index >= 15 is 0 Å². The largest absolute Gasteiger partial charge is 0.383 e. The van der Waals surface area contributed by atoms with Gasteiger partial charge in [0.2, 0.25) is 0 Å². The maximum Gasteiger partial charge on any atom is 0.253 e. The van der Waals surface area contributed by atoms with Crippen molar-refractivity contribution in [2.24, 2.45) is 0 Å². The Balaban J connectivity index is 1.93. The molecule has 2 rings (SSSR count). The number of Topliss-reactive ketones (excluding diaryl/α,β-unsaturated/α-hetero) is 1. The normalized spacial score (nSPS) is 11.7. The molecule has 0 aliphatic heterocycles. The summed E-state index contributed by atoms with van der Waals surface area (Å²) in [6, 6.07) is 15.8. The minimum atomic E-state index is -1.36. The number of carbonyl (C=O) groups excluding carboxylic acids is 2. The van der Waals surface area contributed by atoms with Crippen LogP contribution in [0.1, 0.15) is 22.3 Å². The first kappa shape index (κ1) is 14.9. The van der Waals surface area contributed by atoms with E-state index in [-0.39, 0.29) is 12.2 Å². The van der Waals surface area contributed by atoms with Gasteiger partial charge >= 0.3 is 0 Å². The highest BCUT2D eigenvalue weighted by Gasteiger charge is 2.19. The molecule has 2 aromatic carbocycles. The zero-order valence-electron chi connectivity index (χ0n) is 11.7. The highest BCUT2D eigenvalue weighted by atomic mass is 16.3. The van der Waals surface area contributed by atoms with Crippen LogP contribution in [-0.2, 0) is 4.79 Å². The zero-order valence-corrected chi connectivity index (χ0v) is 11.7. The Morgan fingerprint density at radius 1 is 1.05 bits per heavy atom. The first-order chi connectivity index (χ1) is 10.1. The van der Waals surface area contributed by atoms with Crippen LogP contribution in [0.25, 0.3) is 0 Å². The van der Waals surface area contributed by atoms with Gasteiger partial charge in [0.25, 0.3) is 5.91 Å². The predicted molar refractivity (Wildman–Crippen MR) is 81.2 cm³/mol. The molecule has 2 N–H and O–H groups in total. The van der Waals surface area contributed by atoms with Gasteiger partial charge in [0.15, 0.2) is 5.78 Å². The number of hydrogen-bond donors (Lipinski definition) is 2. The van der Waals surface area contributed by atoms with Crippen molar-refractivity contribution in [1.29, 1.82) is 0 Å². The van der Waals surface area contributed by atoms with Crippen LogP contribution in [0.3, 0.4) is 0 Å². The fourth-order valence-electron chi connectivity index (χ4n) is 1.87. The molecular weight excluding hydrogens is 266 g/mol. The molecule has 1 unspecified atom stereocenters. The number of aliphatic hydroxyl groups excluding tert-OH is 1. The van der Waals surface area contributed by atoms with Gasteiger partial charge in [-0.05, 0) is 19.1 Å². The molecule has 1 amide bonds. The van der Waals surface area contributed by atoms with Crippen LogP contribution >= 0.6 is 0 Å². The van der Waals surface area contributed by atoms with Crippen molar-refractivity contribution >= 4 is 17.4 Å². The van der Waals surface area contributed by atoms with Gasteiger partial charge in [-0.3, -0.25) is 9.59 Å². The molecule has 0 heterocycles. The number of aliphatic hydroxyl groups is 1. The lowest BCUT2D eigenvalue weighted by atomic mass is 10.0. The van der Waals surface area contributed by atoms with Gasteiger partial charge < -0.3 is 10.4 Å². The number of carbonyl (C=O) groups is 2. The Kier molecular flexibility index (Phi) is 4.85. The Bertz CT molecular complexity index is 620. The van der Waals surface area contributed by atoms with Crippen molar-refractivity contribution in [1.82, 2.24) is 0 Å². The molecular formula is C17H17NO3. The summed E-state index contributed by atoms with van der Waals surface area (Å²) in [5.41, 5.74) is 2.16. The van der Waals surface area contributed by atoms with Crippen molar-refractivity contribution in [3.05, 3.63) is 65.7 Å². The summed E-state index contributed by atoms with van der Waals surface area (Å²) in [5, 5.41) is 12.4. The fraction of sp³-hybridized carbons (Fsp3) is 0.176. The van der Waals surface area contributed by atoms with Gasteiger partial charge in [-0.1, -0.05) is 48.0 Å². The van der Waals surface area contributed by atoms with Crippen LogP contribution < -0.4 is 5.32 Å². The van der Waals surface area contributed by atoms with Crippen molar-refractivity contribution < 1.29 is 14.7 Å². The maximum atomic E-state index is 11.9. The summed E-state index contributed by atoms with van der Waals surface area (Å²) in [6.07, 6.45) is -1.60. The average molecular weight is 283 g/mol. The summed E-state index contributed by atoms with van der Waals surface area (Å²) in [6.45, 7) is 1.94. The zero-order chi connectivity index (χ0) is 15.2. The molecule has 0 saturated carbocycles. The Labute approximate surface area is 123 Å². The second kappa shape index (κ2) is 6.81. The van der Waals surface area contributed by atoms with E-state index in [4.69, 9.17) is 0 Å². The molecule has 21 heavy (non-hydrogen) atoms. The average Bonchev–Trinajstić information content (AvgIpc) is 2.50. The standard InChI is InChI=1S/C17H17NO3/c1-12-7-9-14(10-8-12)18-17(21)16(20)11-15(19)13-5-3-2-4-6-13/h2-10,16,20H,11H2,1H3,(H,18,21). The number of aryl methyl sites for hydroxylation is 1. The molecule has 0 bridgehead atoms. The van der Waals surface area contributed by atoms with Crippen LogP contribution in [-0.4, -0.2) is 22.9 Å². The fourth-order valence-corrected chi connectivity index (χ4v) is 1.87. The predicted octanol–water partition coefficient (Wildman–Crippen LogP) is 2.57. The summed E-state index contributed by atoms with van der Waals surface area (Å²) in [4.78, 5) is 23.8. The van der Waals surface area contributed by atoms with Gasteiger partial charge in [-0.15, -0.1) is 0 Å². The van der Waals surface area contributed by atoms with Crippen LogP contribution in [0.4, 0.5) is 5.69 Å². The number of nitrogens with one attached hydrogen (secondary N) is 1. The molecule has 0 aliphatic rings. The van der Waals surface area contributed by atoms with Crippen LogP contribution in [0.15, 0.2) is 54.6 Å². The van der Waals surface area contributed by atoms with Crippen molar-refractivity contribution in [3.63, 3.8) is 0 Å². The molecule has 4 nitrogen and oxygen atoms in total. The van der Waals surface area contributed by atoms with Crippen LogP contribution in [0.5, 0.6) is 0 Å². The first-order valence-corrected chi connectivity index (χ1v) is 6.70. The number of hydrogen-bond acceptors (Lipinski definition) is 3. The van der Waals surface area contributed by atoms with E-state index in [0.717, 1.165) is 5.56 Å². The molecule has 0 aromatic heterocycles. The number of benzene rings is 2. The van der Waals surface area contributed by atoms with E-state index in [0.29, 0.717) is 11.3 Å². The minimum absolute atomic E-state index is 0.234. The second-order valence-electron chi connectivity index (χ2n) is 4.86. The minimum Gasteiger partial charge on any atom is -0.383 e. The monoisotopic (exact) mass is 283 g/mol. The van der Waals surface area contributed by atoms with Gasteiger partial charge in [0.05, 0.1) is 0 Å². The third-order valence-corrected chi connectivity index (χ3v) is 3.10. The van der Waals surface area contributed by atoms with Gasteiger partial charge in [-0.2, -0.15) is 0 Å². The highest BCUT2D eigenvalue weighted by Crippen LogP contribution is 2.11. The lowest BCUT2D eigenvalue weighted by molar-refractivity contribution is -0.123. The maximum absolute atomic E-state index is 11.9. The van der Waals surface area contributed by atoms with Gasteiger partial charge in [-0.25, -0.2) is 0 Å². The molecule has 4 heteroatoms. The van der Waals surface area contributed by atoms with E-state index in [1.807, 2.05) is 19.1 Å². The summed E-state index contributed by atoms with van der Waals surface area (Å²) in [7, 11) is 0. The SMILES string of the molecule is Cc1ccc(NC(=O)C(O)CC(=O)c2ccccc2)cc1. The quantitative estimate of drug-likeness (QED) is 0.829. The summed E-state index contributed by atoms with van der Waals surface area (Å²) in [5.74, 6) is -0.842. The molecule has 0 fully saturated rings. The van der Waals surface area contributed by atoms with Crippen LogP contribution in [0.2, 0.25) is 0 Å². The molecule has 108 valence electrons. The van der Waals surface area contributed by atoms with Crippen molar-refractivity contribution in [3.8, 4) is 0 Å². The molecule has 0 saturated heterocycles. The number of amides is 1. The topological polar surface area (TPSA) is 66.4 Å². The van der Waals surface area contributed by atoms with E-state index in [1.165, 1.54) is 0 Å².